The first-order valence-electron chi connectivity index (χ1n) is 5.84. The molecule has 6 nitrogen and oxygen atoms in total. The summed E-state index contributed by atoms with van der Waals surface area (Å²) in [7, 11) is -2.61. The van der Waals surface area contributed by atoms with Crippen LogP contribution in [0.2, 0.25) is 0 Å². The van der Waals surface area contributed by atoms with E-state index in [0.717, 1.165) is 0 Å². The van der Waals surface area contributed by atoms with Crippen LogP contribution in [0.1, 0.15) is 0 Å². The van der Waals surface area contributed by atoms with E-state index in [1.807, 2.05) is 0 Å². The van der Waals surface area contributed by atoms with Crippen LogP contribution in [0.15, 0.2) is 41.3 Å². The predicted octanol–water partition coefficient (Wildman–Crippen LogP) is 1.81. The third-order valence-corrected chi connectivity index (χ3v) is 3.69. The molecule has 0 saturated carbocycles. The summed E-state index contributed by atoms with van der Waals surface area (Å²) in [6.45, 7) is 0. The molecule has 2 aromatic carbocycles. The van der Waals surface area contributed by atoms with Gasteiger partial charge >= 0.3 is 0 Å². The number of methoxy groups -OCH3 is 1. The van der Waals surface area contributed by atoms with Crippen molar-refractivity contribution in [3.63, 3.8) is 0 Å². The normalized spacial score (nSPS) is 11.2. The molecule has 0 saturated heterocycles. The number of nitrogens with one attached hydrogen (secondary N) is 1. The Morgan fingerprint density at radius 3 is 2.52 bits per heavy atom. The monoisotopic (exact) mass is 311 g/mol. The van der Waals surface area contributed by atoms with Crippen molar-refractivity contribution in [1.29, 1.82) is 0 Å². The molecule has 0 unspecified atom stereocenters. The molecule has 8 heteroatoms. The Balaban J connectivity index is 2.45. The number of benzene rings is 2. The van der Waals surface area contributed by atoms with Gasteiger partial charge in [0.05, 0.1) is 12.8 Å². The van der Waals surface area contributed by atoms with Crippen LogP contribution in [-0.2, 0) is 10.0 Å². The van der Waals surface area contributed by atoms with Gasteiger partial charge in [-0.1, -0.05) is 0 Å². The first kappa shape index (κ1) is 15.1. The van der Waals surface area contributed by atoms with E-state index in [-0.39, 0.29) is 22.0 Å². The van der Waals surface area contributed by atoms with Gasteiger partial charge in [-0.3, -0.25) is 0 Å². The van der Waals surface area contributed by atoms with Gasteiger partial charge in [-0.25, -0.2) is 17.9 Å². The number of nitrogen functional groups attached to an aromatic ring is 1. The minimum Gasteiger partial charge on any atom is -0.494 e. The number of halogens is 1. The van der Waals surface area contributed by atoms with E-state index in [0.29, 0.717) is 5.69 Å². The zero-order chi connectivity index (χ0) is 15.6. The Kier molecular flexibility index (Phi) is 4.01. The minimum atomic E-state index is -3.95. The molecule has 0 aromatic heterocycles. The summed E-state index contributed by atoms with van der Waals surface area (Å²) < 4.78 is 41.3. The lowest BCUT2D eigenvalue weighted by atomic mass is 10.2. The highest BCUT2D eigenvalue weighted by Crippen LogP contribution is 2.28. The minimum absolute atomic E-state index is 0.0348. The molecule has 112 valence electrons. The Morgan fingerprint density at radius 2 is 1.90 bits per heavy atom. The molecule has 21 heavy (non-hydrogen) atoms. The van der Waals surface area contributed by atoms with Crippen molar-refractivity contribution < 1.29 is 17.5 Å². The summed E-state index contributed by atoms with van der Waals surface area (Å²) >= 11 is 0. The molecule has 5 N–H and O–H groups in total. The van der Waals surface area contributed by atoms with Crippen LogP contribution in [0.3, 0.4) is 0 Å². The Bertz CT molecular complexity index is 778. The molecule has 0 radical (unpaired) electrons. The van der Waals surface area contributed by atoms with Crippen molar-refractivity contribution in [2.24, 2.45) is 5.14 Å². The lowest BCUT2D eigenvalue weighted by Gasteiger charge is -2.12. The van der Waals surface area contributed by atoms with Crippen molar-refractivity contribution in [3.05, 3.63) is 42.2 Å². The first-order chi connectivity index (χ1) is 9.81. The van der Waals surface area contributed by atoms with E-state index in [4.69, 9.17) is 15.6 Å². The predicted molar refractivity (Wildman–Crippen MR) is 78.5 cm³/mol. The molecule has 0 amide bonds. The lowest BCUT2D eigenvalue weighted by Crippen LogP contribution is -2.14. The zero-order valence-electron chi connectivity index (χ0n) is 11.1. The molecule has 2 rings (SSSR count). The second kappa shape index (κ2) is 5.58. The van der Waals surface area contributed by atoms with Crippen molar-refractivity contribution in [1.82, 2.24) is 0 Å². The third kappa shape index (κ3) is 3.41. The van der Waals surface area contributed by atoms with Gasteiger partial charge < -0.3 is 15.8 Å². The number of hydrogen-bond acceptors (Lipinski definition) is 5. The molecule has 2 aromatic rings. The number of primary sulfonamides is 1. The average molecular weight is 311 g/mol. The van der Waals surface area contributed by atoms with Crippen molar-refractivity contribution in [2.75, 3.05) is 18.2 Å². The fourth-order valence-corrected chi connectivity index (χ4v) is 2.50. The molecular weight excluding hydrogens is 297 g/mol. The van der Waals surface area contributed by atoms with Crippen LogP contribution in [0.5, 0.6) is 5.75 Å². The van der Waals surface area contributed by atoms with Crippen molar-refractivity contribution >= 4 is 27.1 Å². The largest absolute Gasteiger partial charge is 0.494 e. The van der Waals surface area contributed by atoms with E-state index in [1.165, 1.54) is 43.5 Å². The first-order valence-corrected chi connectivity index (χ1v) is 7.39. The molecule has 0 heterocycles. The van der Waals surface area contributed by atoms with Crippen LogP contribution in [-0.4, -0.2) is 15.5 Å². The summed E-state index contributed by atoms with van der Waals surface area (Å²) in [5, 5.41) is 8.00. The van der Waals surface area contributed by atoms with Crippen LogP contribution in [0.25, 0.3) is 0 Å². The second-order valence-electron chi connectivity index (χ2n) is 4.27. The molecular formula is C13H14FN3O3S. The fourth-order valence-electron chi connectivity index (χ4n) is 1.77. The van der Waals surface area contributed by atoms with Gasteiger partial charge in [-0.05, 0) is 30.3 Å². The molecule has 0 spiro atoms. The Labute approximate surface area is 121 Å². The van der Waals surface area contributed by atoms with Crippen molar-refractivity contribution in [2.45, 2.75) is 4.90 Å². The highest BCUT2D eigenvalue weighted by Gasteiger charge is 2.15. The summed E-state index contributed by atoms with van der Waals surface area (Å²) in [6.07, 6.45) is 0. The number of nitrogens with two attached hydrogens (primary N) is 2. The number of rotatable bonds is 4. The van der Waals surface area contributed by atoms with Crippen LogP contribution < -0.4 is 20.9 Å². The van der Waals surface area contributed by atoms with Gasteiger partial charge in [0, 0.05) is 17.4 Å². The van der Waals surface area contributed by atoms with Gasteiger partial charge in [0.2, 0.25) is 10.0 Å². The Hall–Kier alpha value is -2.32. The highest BCUT2D eigenvalue weighted by molar-refractivity contribution is 7.89. The SMILES string of the molecule is COc1cc(Nc2ccc(N)cc2S(N)(=O)=O)ccc1F. The summed E-state index contributed by atoms with van der Waals surface area (Å²) in [5.74, 6) is -0.486. The molecule has 0 atom stereocenters. The van der Waals surface area contributed by atoms with Gasteiger partial charge in [-0.15, -0.1) is 0 Å². The van der Waals surface area contributed by atoms with Gasteiger partial charge in [0.15, 0.2) is 11.6 Å². The van der Waals surface area contributed by atoms with E-state index < -0.39 is 15.8 Å². The number of hydrogen-bond donors (Lipinski definition) is 3. The van der Waals surface area contributed by atoms with E-state index in [9.17, 15) is 12.8 Å². The number of sulfonamides is 1. The maximum atomic E-state index is 13.3. The maximum Gasteiger partial charge on any atom is 0.240 e. The molecule has 0 aliphatic heterocycles. The summed E-state index contributed by atoms with van der Waals surface area (Å²) in [4.78, 5) is -0.147. The number of ether oxygens (including phenoxy) is 1. The topological polar surface area (TPSA) is 107 Å². The van der Waals surface area contributed by atoms with Gasteiger partial charge in [0.1, 0.15) is 4.90 Å². The molecule has 0 aliphatic rings. The van der Waals surface area contributed by atoms with Gasteiger partial charge in [0.25, 0.3) is 0 Å². The van der Waals surface area contributed by atoms with Crippen LogP contribution in [0, 0.1) is 5.82 Å². The third-order valence-electron chi connectivity index (χ3n) is 2.74. The summed E-state index contributed by atoms with van der Waals surface area (Å²) in [6, 6.07) is 8.30. The summed E-state index contributed by atoms with van der Waals surface area (Å²) in [5.41, 5.74) is 6.51. The second-order valence-corrected chi connectivity index (χ2v) is 5.80. The van der Waals surface area contributed by atoms with Crippen molar-refractivity contribution in [3.8, 4) is 5.75 Å². The van der Waals surface area contributed by atoms with E-state index >= 15 is 0 Å². The average Bonchev–Trinajstić information content (AvgIpc) is 2.41. The molecule has 0 aliphatic carbocycles. The highest BCUT2D eigenvalue weighted by atomic mass is 32.2. The fraction of sp³-hybridized carbons (Fsp3) is 0.0769. The molecule has 0 fully saturated rings. The quantitative estimate of drug-likeness (QED) is 0.746. The zero-order valence-corrected chi connectivity index (χ0v) is 11.9. The smallest absolute Gasteiger partial charge is 0.240 e. The van der Waals surface area contributed by atoms with Crippen LogP contribution in [0.4, 0.5) is 21.5 Å². The lowest BCUT2D eigenvalue weighted by molar-refractivity contribution is 0.387. The van der Waals surface area contributed by atoms with Gasteiger partial charge in [-0.2, -0.15) is 0 Å². The molecule has 0 bridgehead atoms. The Morgan fingerprint density at radius 1 is 1.19 bits per heavy atom. The maximum absolute atomic E-state index is 13.3. The van der Waals surface area contributed by atoms with E-state index in [2.05, 4.69) is 5.32 Å². The van der Waals surface area contributed by atoms with Crippen LogP contribution >= 0.6 is 0 Å². The number of anilines is 3. The standard InChI is InChI=1S/C13H14FN3O3S/c1-20-12-7-9(3-4-10(12)14)17-11-5-2-8(15)6-13(11)21(16,18)19/h2-7,17H,15H2,1H3,(H2,16,18,19). The van der Waals surface area contributed by atoms with E-state index in [1.54, 1.807) is 0 Å².